The van der Waals surface area contributed by atoms with Crippen molar-refractivity contribution in [2.24, 2.45) is 11.1 Å². The van der Waals surface area contributed by atoms with Crippen LogP contribution in [-0.2, 0) is 13.0 Å². The van der Waals surface area contributed by atoms with Crippen molar-refractivity contribution in [3.63, 3.8) is 0 Å². The van der Waals surface area contributed by atoms with Crippen molar-refractivity contribution in [1.82, 2.24) is 4.57 Å². The highest BCUT2D eigenvalue weighted by molar-refractivity contribution is 5.29. The molecule has 1 atom stereocenters. The number of hydrogen-bond acceptors (Lipinski definition) is 2. The molecule has 16 heavy (non-hydrogen) atoms. The quantitative estimate of drug-likeness (QED) is 0.785. The molecule has 1 aromatic rings. The minimum absolute atomic E-state index is 0.0668. The van der Waals surface area contributed by atoms with E-state index >= 15 is 0 Å². The molecule has 1 aliphatic rings. The van der Waals surface area contributed by atoms with Gasteiger partial charge in [0.15, 0.2) is 0 Å². The predicted molar refractivity (Wildman–Crippen MR) is 65.4 cm³/mol. The lowest BCUT2D eigenvalue weighted by Crippen LogP contribution is -2.35. The Hall–Kier alpha value is -1.09. The lowest BCUT2D eigenvalue weighted by atomic mass is 9.74. The second kappa shape index (κ2) is 3.74. The maximum Gasteiger partial charge on any atom is 0.250 e. The molecule has 88 valence electrons. The molecule has 0 fully saturated rings. The van der Waals surface area contributed by atoms with Crippen LogP contribution < -0.4 is 11.3 Å². The molecule has 1 aliphatic carbocycles. The molecule has 0 unspecified atom stereocenters. The average molecular weight is 220 g/mol. The van der Waals surface area contributed by atoms with Crippen LogP contribution in [0.3, 0.4) is 0 Å². The molecule has 2 N–H and O–H groups in total. The van der Waals surface area contributed by atoms with Crippen molar-refractivity contribution in [3.8, 4) is 0 Å². The SMILES string of the molecule is CCn1c2c(ccc1=O)[C@@H](N)CC(C)(C)C2. The van der Waals surface area contributed by atoms with Gasteiger partial charge in [-0.3, -0.25) is 4.79 Å². The molecule has 3 nitrogen and oxygen atoms in total. The number of hydrogen-bond donors (Lipinski definition) is 1. The normalized spacial score (nSPS) is 22.9. The standard InChI is InChI=1S/C13H20N2O/c1-4-15-11-8-13(2,3)7-10(14)9(11)5-6-12(15)16/h5-6,10H,4,7-8,14H2,1-3H3/t10-/m0/s1. The van der Waals surface area contributed by atoms with E-state index in [1.54, 1.807) is 6.07 Å². The fraction of sp³-hybridized carbons (Fsp3) is 0.615. The Bertz CT molecular complexity index is 459. The van der Waals surface area contributed by atoms with Gasteiger partial charge in [0.1, 0.15) is 0 Å². The zero-order chi connectivity index (χ0) is 11.9. The summed E-state index contributed by atoms with van der Waals surface area (Å²) in [5.74, 6) is 0. The smallest absolute Gasteiger partial charge is 0.250 e. The van der Waals surface area contributed by atoms with Crippen molar-refractivity contribution in [2.45, 2.75) is 46.2 Å². The third kappa shape index (κ3) is 1.80. The van der Waals surface area contributed by atoms with Gasteiger partial charge in [-0.25, -0.2) is 0 Å². The molecule has 0 amide bonds. The molecule has 1 heterocycles. The minimum atomic E-state index is 0.0668. The highest BCUT2D eigenvalue weighted by Crippen LogP contribution is 2.38. The molecule has 0 saturated carbocycles. The van der Waals surface area contributed by atoms with E-state index in [-0.39, 0.29) is 17.0 Å². The van der Waals surface area contributed by atoms with Crippen molar-refractivity contribution in [2.75, 3.05) is 0 Å². The fourth-order valence-corrected chi connectivity index (χ4v) is 2.75. The number of nitrogens with two attached hydrogens (primary N) is 1. The minimum Gasteiger partial charge on any atom is -0.324 e. The molecule has 0 aliphatic heterocycles. The maximum atomic E-state index is 11.8. The second-order valence-corrected chi connectivity index (χ2v) is 5.47. The van der Waals surface area contributed by atoms with Crippen LogP contribution in [0.25, 0.3) is 0 Å². The molecule has 0 saturated heterocycles. The summed E-state index contributed by atoms with van der Waals surface area (Å²) in [4.78, 5) is 11.8. The van der Waals surface area contributed by atoms with Crippen molar-refractivity contribution in [3.05, 3.63) is 33.7 Å². The van der Waals surface area contributed by atoms with E-state index in [1.807, 2.05) is 17.6 Å². The largest absolute Gasteiger partial charge is 0.324 e. The molecule has 3 heteroatoms. The molecule has 0 spiro atoms. The van der Waals surface area contributed by atoms with Gasteiger partial charge in [-0.2, -0.15) is 0 Å². The van der Waals surface area contributed by atoms with Crippen LogP contribution in [0.5, 0.6) is 0 Å². The third-order valence-corrected chi connectivity index (χ3v) is 3.46. The highest BCUT2D eigenvalue weighted by Gasteiger charge is 2.31. The van der Waals surface area contributed by atoms with Gasteiger partial charge in [0.2, 0.25) is 0 Å². The molecule has 1 aromatic heterocycles. The van der Waals surface area contributed by atoms with E-state index in [9.17, 15) is 4.79 Å². The van der Waals surface area contributed by atoms with Gasteiger partial charge in [-0.1, -0.05) is 19.9 Å². The Morgan fingerprint density at radius 3 is 2.81 bits per heavy atom. The van der Waals surface area contributed by atoms with E-state index in [1.165, 1.54) is 0 Å². The Labute approximate surface area is 96.3 Å². The first-order chi connectivity index (χ1) is 7.44. The summed E-state index contributed by atoms with van der Waals surface area (Å²) >= 11 is 0. The molecular weight excluding hydrogens is 200 g/mol. The van der Waals surface area contributed by atoms with Crippen molar-refractivity contribution >= 4 is 0 Å². The van der Waals surface area contributed by atoms with Gasteiger partial charge in [-0.15, -0.1) is 0 Å². The number of pyridine rings is 1. The van der Waals surface area contributed by atoms with Gasteiger partial charge in [0.25, 0.3) is 5.56 Å². The number of fused-ring (bicyclic) bond motifs is 1. The van der Waals surface area contributed by atoms with Crippen LogP contribution in [0, 0.1) is 5.41 Å². The monoisotopic (exact) mass is 220 g/mol. The van der Waals surface area contributed by atoms with Crippen LogP contribution in [0.2, 0.25) is 0 Å². The Balaban J connectivity index is 2.61. The summed E-state index contributed by atoms with van der Waals surface area (Å²) in [6, 6.07) is 3.61. The van der Waals surface area contributed by atoms with Gasteiger partial charge in [0, 0.05) is 24.3 Å². The second-order valence-electron chi connectivity index (χ2n) is 5.47. The van der Waals surface area contributed by atoms with E-state index in [0.29, 0.717) is 0 Å². The van der Waals surface area contributed by atoms with E-state index in [4.69, 9.17) is 5.73 Å². The van der Waals surface area contributed by atoms with Crippen LogP contribution in [0.15, 0.2) is 16.9 Å². The van der Waals surface area contributed by atoms with Crippen molar-refractivity contribution in [1.29, 1.82) is 0 Å². The highest BCUT2D eigenvalue weighted by atomic mass is 16.1. The molecule has 2 rings (SSSR count). The lowest BCUT2D eigenvalue weighted by molar-refractivity contribution is 0.271. The average Bonchev–Trinajstić information content (AvgIpc) is 2.15. The maximum absolute atomic E-state index is 11.8. The van der Waals surface area contributed by atoms with Crippen LogP contribution >= 0.6 is 0 Å². The Morgan fingerprint density at radius 1 is 1.50 bits per heavy atom. The molecule has 0 aromatic carbocycles. The number of nitrogens with zero attached hydrogens (tertiary/aromatic N) is 1. The molecule has 0 radical (unpaired) electrons. The van der Waals surface area contributed by atoms with E-state index < -0.39 is 0 Å². The van der Waals surface area contributed by atoms with E-state index in [0.717, 1.165) is 30.6 Å². The molecular formula is C13H20N2O. The zero-order valence-corrected chi connectivity index (χ0v) is 10.3. The van der Waals surface area contributed by atoms with Gasteiger partial charge in [-0.05, 0) is 30.7 Å². The summed E-state index contributed by atoms with van der Waals surface area (Å²) in [6.07, 6.45) is 1.93. The van der Waals surface area contributed by atoms with Crippen LogP contribution in [-0.4, -0.2) is 4.57 Å². The van der Waals surface area contributed by atoms with Crippen LogP contribution in [0.1, 0.15) is 44.5 Å². The first-order valence-electron chi connectivity index (χ1n) is 5.93. The topological polar surface area (TPSA) is 48.0 Å². The predicted octanol–water partition coefficient (Wildman–Crippen LogP) is 1.84. The van der Waals surface area contributed by atoms with Crippen LogP contribution in [0.4, 0.5) is 0 Å². The summed E-state index contributed by atoms with van der Waals surface area (Å²) in [5.41, 5.74) is 8.75. The van der Waals surface area contributed by atoms with Gasteiger partial charge < -0.3 is 10.3 Å². The Morgan fingerprint density at radius 2 is 2.19 bits per heavy atom. The number of rotatable bonds is 1. The third-order valence-electron chi connectivity index (χ3n) is 3.46. The Kier molecular flexibility index (Phi) is 2.66. The summed E-state index contributed by atoms with van der Waals surface area (Å²) in [7, 11) is 0. The molecule has 0 bridgehead atoms. The lowest BCUT2D eigenvalue weighted by Gasteiger charge is -2.36. The zero-order valence-electron chi connectivity index (χ0n) is 10.3. The summed E-state index contributed by atoms with van der Waals surface area (Å²) < 4.78 is 1.86. The van der Waals surface area contributed by atoms with Gasteiger partial charge in [0.05, 0.1) is 0 Å². The summed E-state index contributed by atoms with van der Waals surface area (Å²) in [6.45, 7) is 7.17. The first-order valence-corrected chi connectivity index (χ1v) is 5.93. The van der Waals surface area contributed by atoms with Crippen molar-refractivity contribution < 1.29 is 0 Å². The first kappa shape index (κ1) is 11.4. The van der Waals surface area contributed by atoms with E-state index in [2.05, 4.69) is 13.8 Å². The fourth-order valence-electron chi connectivity index (χ4n) is 2.75. The number of aromatic nitrogens is 1. The van der Waals surface area contributed by atoms with Gasteiger partial charge >= 0.3 is 0 Å². The summed E-state index contributed by atoms with van der Waals surface area (Å²) in [5, 5.41) is 0.